The average Bonchev–Trinajstić information content (AvgIpc) is 2.14. The fourth-order valence-corrected chi connectivity index (χ4v) is 1.22. The Morgan fingerprint density at radius 2 is 1.75 bits per heavy atom. The van der Waals surface area contributed by atoms with E-state index in [1.807, 2.05) is 20.8 Å². The molecule has 0 aromatic carbocycles. The van der Waals surface area contributed by atoms with Gasteiger partial charge in [0.15, 0.2) is 0 Å². The monoisotopic (exact) mass is 170 g/mol. The van der Waals surface area contributed by atoms with Crippen molar-refractivity contribution in [2.45, 2.75) is 45.6 Å². The molecular weight excluding hydrogens is 152 g/mol. The second-order valence-electron chi connectivity index (χ2n) is 2.87. The molecule has 0 aliphatic heterocycles. The lowest BCUT2D eigenvalue weighted by molar-refractivity contribution is -0.154. The van der Waals surface area contributed by atoms with Crippen LogP contribution in [0.2, 0.25) is 0 Å². The van der Waals surface area contributed by atoms with E-state index in [1.165, 1.54) is 6.08 Å². The van der Waals surface area contributed by atoms with Crippen molar-refractivity contribution in [1.29, 1.82) is 0 Å². The van der Waals surface area contributed by atoms with E-state index in [4.69, 9.17) is 4.74 Å². The van der Waals surface area contributed by atoms with Gasteiger partial charge in [-0.25, -0.2) is 4.79 Å². The molecule has 0 unspecified atom stereocenters. The van der Waals surface area contributed by atoms with Crippen molar-refractivity contribution in [2.24, 2.45) is 0 Å². The second-order valence-corrected chi connectivity index (χ2v) is 2.87. The van der Waals surface area contributed by atoms with Crippen molar-refractivity contribution in [2.75, 3.05) is 0 Å². The highest BCUT2D eigenvalue weighted by atomic mass is 16.6. The minimum absolute atomic E-state index is 0.273. The summed E-state index contributed by atoms with van der Waals surface area (Å²) in [6.07, 6.45) is 3.80. The van der Waals surface area contributed by atoms with Crippen LogP contribution < -0.4 is 0 Å². The van der Waals surface area contributed by atoms with Crippen LogP contribution in [0.1, 0.15) is 40.0 Å². The van der Waals surface area contributed by atoms with Crippen LogP contribution in [0.3, 0.4) is 0 Å². The average molecular weight is 170 g/mol. The molecule has 0 heterocycles. The summed E-state index contributed by atoms with van der Waals surface area (Å²) in [5.41, 5.74) is -0.273. The molecule has 0 bridgehead atoms. The van der Waals surface area contributed by atoms with Gasteiger partial charge >= 0.3 is 5.97 Å². The van der Waals surface area contributed by atoms with Gasteiger partial charge in [0, 0.05) is 6.08 Å². The molecule has 0 atom stereocenters. The number of rotatable bonds is 5. The molecule has 2 heteroatoms. The van der Waals surface area contributed by atoms with Crippen molar-refractivity contribution in [3.05, 3.63) is 12.7 Å². The van der Waals surface area contributed by atoms with Gasteiger partial charge in [-0.3, -0.25) is 0 Å². The summed E-state index contributed by atoms with van der Waals surface area (Å²) in [7, 11) is 0. The third kappa shape index (κ3) is 2.68. The molecule has 2 nitrogen and oxygen atoms in total. The Kier molecular flexibility index (Phi) is 4.64. The Labute approximate surface area is 74.6 Å². The van der Waals surface area contributed by atoms with E-state index in [1.54, 1.807) is 0 Å². The minimum Gasteiger partial charge on any atom is -0.456 e. The van der Waals surface area contributed by atoms with Crippen molar-refractivity contribution in [3.8, 4) is 0 Å². The van der Waals surface area contributed by atoms with Gasteiger partial charge in [0.05, 0.1) is 0 Å². The van der Waals surface area contributed by atoms with Crippen molar-refractivity contribution < 1.29 is 9.53 Å². The van der Waals surface area contributed by atoms with E-state index in [9.17, 15) is 4.79 Å². The van der Waals surface area contributed by atoms with Gasteiger partial charge in [0.2, 0.25) is 0 Å². The first-order valence-electron chi connectivity index (χ1n) is 4.49. The molecule has 12 heavy (non-hydrogen) atoms. The lowest BCUT2D eigenvalue weighted by atomic mass is 9.94. The Balaban J connectivity index is 4.29. The summed E-state index contributed by atoms with van der Waals surface area (Å²) in [5.74, 6) is -0.319. The van der Waals surface area contributed by atoms with Crippen LogP contribution in [-0.4, -0.2) is 11.6 Å². The maximum absolute atomic E-state index is 11.0. The van der Waals surface area contributed by atoms with Gasteiger partial charge in [-0.05, 0) is 19.3 Å². The molecular formula is C10H18O2. The zero-order valence-electron chi connectivity index (χ0n) is 8.22. The number of hydrogen-bond donors (Lipinski definition) is 0. The molecule has 0 saturated carbocycles. The normalized spacial score (nSPS) is 10.9. The SMILES string of the molecule is C=CC(=O)OC(CC)(CC)CC. The number of esters is 1. The molecule has 0 rings (SSSR count). The predicted molar refractivity (Wildman–Crippen MR) is 49.9 cm³/mol. The lowest BCUT2D eigenvalue weighted by Crippen LogP contribution is -2.32. The maximum atomic E-state index is 11.0. The molecule has 0 saturated heterocycles. The fraction of sp³-hybridized carbons (Fsp3) is 0.700. The van der Waals surface area contributed by atoms with E-state index in [0.29, 0.717) is 0 Å². The summed E-state index contributed by atoms with van der Waals surface area (Å²) < 4.78 is 5.28. The number of ether oxygens (including phenoxy) is 1. The van der Waals surface area contributed by atoms with Crippen LogP contribution in [0.15, 0.2) is 12.7 Å². The molecule has 70 valence electrons. The highest BCUT2D eigenvalue weighted by Crippen LogP contribution is 2.24. The molecule has 0 fully saturated rings. The van der Waals surface area contributed by atoms with Crippen LogP contribution in [0.25, 0.3) is 0 Å². The molecule has 0 N–H and O–H groups in total. The molecule has 0 aliphatic rings. The standard InChI is InChI=1S/C10H18O2/c1-5-9(11)12-10(6-2,7-3)8-4/h5H,1,6-8H2,2-4H3. The Hall–Kier alpha value is -0.790. The molecule has 0 radical (unpaired) electrons. The van der Waals surface area contributed by atoms with E-state index in [0.717, 1.165) is 19.3 Å². The summed E-state index contributed by atoms with van der Waals surface area (Å²) >= 11 is 0. The van der Waals surface area contributed by atoms with Gasteiger partial charge in [-0.1, -0.05) is 27.4 Å². The van der Waals surface area contributed by atoms with Crippen LogP contribution in [0, 0.1) is 0 Å². The summed E-state index contributed by atoms with van der Waals surface area (Å²) in [6, 6.07) is 0. The largest absolute Gasteiger partial charge is 0.456 e. The maximum Gasteiger partial charge on any atom is 0.330 e. The highest BCUT2D eigenvalue weighted by Gasteiger charge is 2.27. The van der Waals surface area contributed by atoms with Crippen LogP contribution in [-0.2, 0) is 9.53 Å². The third-order valence-corrected chi connectivity index (χ3v) is 2.42. The predicted octanol–water partition coefficient (Wildman–Crippen LogP) is 2.68. The van der Waals surface area contributed by atoms with Crippen LogP contribution >= 0.6 is 0 Å². The molecule has 0 spiro atoms. The van der Waals surface area contributed by atoms with E-state index < -0.39 is 0 Å². The quantitative estimate of drug-likeness (QED) is 0.468. The smallest absolute Gasteiger partial charge is 0.330 e. The highest BCUT2D eigenvalue weighted by molar-refractivity contribution is 5.81. The minimum atomic E-state index is -0.319. The number of carbonyl (C=O) groups is 1. The lowest BCUT2D eigenvalue weighted by Gasteiger charge is -2.29. The summed E-state index contributed by atoms with van der Waals surface area (Å²) in [6.45, 7) is 9.47. The topological polar surface area (TPSA) is 26.3 Å². The van der Waals surface area contributed by atoms with Crippen molar-refractivity contribution >= 4 is 5.97 Å². The first kappa shape index (κ1) is 11.2. The Morgan fingerprint density at radius 1 is 1.33 bits per heavy atom. The second kappa shape index (κ2) is 4.96. The van der Waals surface area contributed by atoms with E-state index >= 15 is 0 Å². The molecule has 0 amide bonds. The van der Waals surface area contributed by atoms with Gasteiger partial charge < -0.3 is 4.74 Å². The van der Waals surface area contributed by atoms with Crippen molar-refractivity contribution in [1.82, 2.24) is 0 Å². The van der Waals surface area contributed by atoms with E-state index in [2.05, 4.69) is 6.58 Å². The van der Waals surface area contributed by atoms with Gasteiger partial charge in [0.1, 0.15) is 5.60 Å². The first-order chi connectivity index (χ1) is 5.64. The summed E-state index contributed by atoms with van der Waals surface area (Å²) in [4.78, 5) is 11.0. The zero-order valence-corrected chi connectivity index (χ0v) is 8.22. The van der Waals surface area contributed by atoms with Crippen LogP contribution in [0.4, 0.5) is 0 Å². The summed E-state index contributed by atoms with van der Waals surface area (Å²) in [5, 5.41) is 0. The molecule has 0 aromatic rings. The Bertz CT molecular complexity index is 149. The van der Waals surface area contributed by atoms with E-state index in [-0.39, 0.29) is 11.6 Å². The fourth-order valence-electron chi connectivity index (χ4n) is 1.22. The van der Waals surface area contributed by atoms with Gasteiger partial charge in [-0.15, -0.1) is 0 Å². The third-order valence-electron chi connectivity index (χ3n) is 2.42. The Morgan fingerprint density at radius 3 is 2.00 bits per heavy atom. The first-order valence-corrected chi connectivity index (χ1v) is 4.49. The van der Waals surface area contributed by atoms with Gasteiger partial charge in [-0.2, -0.15) is 0 Å². The van der Waals surface area contributed by atoms with Crippen LogP contribution in [0.5, 0.6) is 0 Å². The zero-order chi connectivity index (χ0) is 9.61. The number of carbonyl (C=O) groups excluding carboxylic acids is 1. The molecule has 0 aromatic heterocycles. The number of hydrogen-bond acceptors (Lipinski definition) is 2. The van der Waals surface area contributed by atoms with Gasteiger partial charge in [0.25, 0.3) is 0 Å². The van der Waals surface area contributed by atoms with Crippen molar-refractivity contribution in [3.63, 3.8) is 0 Å². The molecule has 0 aliphatic carbocycles.